The van der Waals surface area contributed by atoms with Crippen molar-refractivity contribution >= 4 is 10.0 Å². The zero-order valence-corrected chi connectivity index (χ0v) is 14.0. The lowest BCUT2D eigenvalue weighted by Gasteiger charge is -2.35. The molecule has 0 aromatic heterocycles. The predicted molar refractivity (Wildman–Crippen MR) is 87.0 cm³/mol. The molecule has 2 aromatic rings. The number of hydrogen-bond donors (Lipinski definition) is 0. The lowest BCUT2D eigenvalue weighted by atomic mass is 10.1. The van der Waals surface area contributed by atoms with Gasteiger partial charge in [0.1, 0.15) is 10.6 Å². The summed E-state index contributed by atoms with van der Waals surface area (Å²) in [5.41, 5.74) is 0.776. The minimum absolute atomic E-state index is 0.130. The van der Waals surface area contributed by atoms with E-state index in [1.54, 1.807) is 0 Å². The molecule has 134 valence electrons. The molecule has 25 heavy (non-hydrogen) atoms. The first-order valence-corrected chi connectivity index (χ1v) is 9.12. The van der Waals surface area contributed by atoms with E-state index in [4.69, 9.17) is 4.74 Å². The molecule has 1 atom stereocenters. The van der Waals surface area contributed by atoms with Crippen LogP contribution >= 0.6 is 0 Å². The van der Waals surface area contributed by atoms with Gasteiger partial charge in [-0.1, -0.05) is 42.5 Å². The van der Waals surface area contributed by atoms with E-state index in [9.17, 15) is 17.2 Å². The van der Waals surface area contributed by atoms with Gasteiger partial charge in [0.25, 0.3) is 0 Å². The van der Waals surface area contributed by atoms with Gasteiger partial charge in [0.05, 0.1) is 19.3 Å². The molecular formula is C17H17F2NO4S. The van der Waals surface area contributed by atoms with Crippen molar-refractivity contribution in [3.63, 3.8) is 0 Å². The number of benzene rings is 2. The lowest BCUT2D eigenvalue weighted by Crippen LogP contribution is -2.43. The SMILES string of the molecule is O=S(=O)(c1ccccc1OC(F)F)N1CCOCC1c1ccccc1. The van der Waals surface area contributed by atoms with Gasteiger partial charge in [-0.3, -0.25) is 0 Å². The molecule has 0 amide bonds. The quantitative estimate of drug-likeness (QED) is 0.813. The Morgan fingerprint density at radius 3 is 2.48 bits per heavy atom. The van der Waals surface area contributed by atoms with Crippen LogP contribution in [0.1, 0.15) is 11.6 Å². The van der Waals surface area contributed by atoms with Gasteiger partial charge < -0.3 is 9.47 Å². The summed E-state index contributed by atoms with van der Waals surface area (Å²) in [5, 5.41) is 0. The van der Waals surface area contributed by atoms with Crippen LogP contribution in [0.25, 0.3) is 0 Å². The molecule has 0 aliphatic carbocycles. The van der Waals surface area contributed by atoms with E-state index in [1.165, 1.54) is 28.6 Å². The maximum absolute atomic E-state index is 13.1. The Morgan fingerprint density at radius 2 is 1.76 bits per heavy atom. The van der Waals surface area contributed by atoms with E-state index in [0.717, 1.165) is 5.56 Å². The predicted octanol–water partition coefficient (Wildman–Crippen LogP) is 3.05. The number of alkyl halides is 2. The molecule has 0 N–H and O–H groups in total. The van der Waals surface area contributed by atoms with E-state index < -0.39 is 22.7 Å². The summed E-state index contributed by atoms with van der Waals surface area (Å²) >= 11 is 0. The highest BCUT2D eigenvalue weighted by Crippen LogP contribution is 2.34. The van der Waals surface area contributed by atoms with E-state index in [-0.39, 0.29) is 30.4 Å². The molecule has 2 aromatic carbocycles. The first kappa shape index (κ1) is 17.8. The Hall–Kier alpha value is -2.03. The van der Waals surface area contributed by atoms with Gasteiger partial charge in [-0.15, -0.1) is 0 Å². The second kappa shape index (κ2) is 7.47. The zero-order valence-electron chi connectivity index (χ0n) is 13.2. The number of hydrogen-bond acceptors (Lipinski definition) is 4. The fourth-order valence-electron chi connectivity index (χ4n) is 2.80. The normalized spacial score (nSPS) is 19.1. The number of sulfonamides is 1. The second-order valence-corrected chi connectivity index (χ2v) is 7.30. The van der Waals surface area contributed by atoms with Gasteiger partial charge in [0, 0.05) is 6.54 Å². The molecule has 8 heteroatoms. The second-order valence-electron chi connectivity index (χ2n) is 5.44. The highest BCUT2D eigenvalue weighted by Gasteiger charge is 2.36. The van der Waals surface area contributed by atoms with Gasteiger partial charge >= 0.3 is 6.61 Å². The number of para-hydroxylation sites is 1. The molecule has 0 radical (unpaired) electrons. The third-order valence-corrected chi connectivity index (χ3v) is 5.86. The van der Waals surface area contributed by atoms with Crippen LogP contribution < -0.4 is 4.74 Å². The van der Waals surface area contributed by atoms with Gasteiger partial charge in [0.2, 0.25) is 10.0 Å². The summed E-state index contributed by atoms with van der Waals surface area (Å²) in [7, 11) is -4.04. The molecule has 1 aliphatic heterocycles. The topological polar surface area (TPSA) is 55.8 Å². The van der Waals surface area contributed by atoms with Crippen LogP contribution in [-0.4, -0.2) is 39.1 Å². The average Bonchev–Trinajstić information content (AvgIpc) is 2.62. The molecule has 0 bridgehead atoms. The highest BCUT2D eigenvalue weighted by molar-refractivity contribution is 7.89. The first-order chi connectivity index (χ1) is 12.0. The van der Waals surface area contributed by atoms with Gasteiger partial charge in [-0.25, -0.2) is 8.42 Å². The van der Waals surface area contributed by atoms with Crippen molar-refractivity contribution in [2.24, 2.45) is 0 Å². The number of rotatable bonds is 5. The Labute approximate surface area is 144 Å². The Morgan fingerprint density at radius 1 is 1.08 bits per heavy atom. The Bertz CT molecular complexity index is 814. The summed E-state index contributed by atoms with van der Waals surface area (Å²) in [4.78, 5) is -0.280. The third-order valence-electron chi connectivity index (χ3n) is 3.92. The fraction of sp³-hybridized carbons (Fsp3) is 0.294. The van der Waals surface area contributed by atoms with Crippen molar-refractivity contribution in [2.75, 3.05) is 19.8 Å². The molecule has 1 fully saturated rings. The minimum atomic E-state index is -4.04. The molecule has 0 spiro atoms. The standard InChI is InChI=1S/C17H17F2NO4S/c18-17(19)24-15-8-4-5-9-16(15)25(21,22)20-10-11-23-12-14(20)13-6-2-1-3-7-13/h1-9,14,17H,10-12H2. The van der Waals surface area contributed by atoms with Crippen molar-refractivity contribution in [3.05, 3.63) is 60.2 Å². The number of morpholine rings is 1. The molecule has 1 saturated heterocycles. The summed E-state index contributed by atoms with van der Waals surface area (Å²) < 4.78 is 62.6. The van der Waals surface area contributed by atoms with Crippen molar-refractivity contribution in [2.45, 2.75) is 17.5 Å². The molecule has 1 unspecified atom stereocenters. The van der Waals surface area contributed by atoms with Crippen molar-refractivity contribution in [1.29, 1.82) is 0 Å². The van der Waals surface area contributed by atoms with Crippen LogP contribution in [-0.2, 0) is 14.8 Å². The number of ether oxygens (including phenoxy) is 2. The van der Waals surface area contributed by atoms with Gasteiger partial charge in [-0.2, -0.15) is 13.1 Å². The first-order valence-electron chi connectivity index (χ1n) is 7.68. The molecule has 5 nitrogen and oxygen atoms in total. The molecule has 0 saturated carbocycles. The maximum atomic E-state index is 13.1. The molecule has 1 heterocycles. The van der Waals surface area contributed by atoms with Crippen molar-refractivity contribution < 1.29 is 26.7 Å². The summed E-state index contributed by atoms with van der Waals surface area (Å²) in [6.07, 6.45) is 0. The van der Waals surface area contributed by atoms with Crippen LogP contribution in [0.15, 0.2) is 59.5 Å². The Kier molecular flexibility index (Phi) is 5.31. The third kappa shape index (κ3) is 3.81. The molecule has 1 aliphatic rings. The minimum Gasteiger partial charge on any atom is -0.433 e. The smallest absolute Gasteiger partial charge is 0.387 e. The summed E-state index contributed by atoms with van der Waals surface area (Å²) in [6.45, 7) is -2.54. The largest absolute Gasteiger partial charge is 0.433 e. The van der Waals surface area contributed by atoms with Crippen LogP contribution in [0.5, 0.6) is 5.75 Å². The van der Waals surface area contributed by atoms with Crippen LogP contribution in [0, 0.1) is 0 Å². The van der Waals surface area contributed by atoms with Crippen molar-refractivity contribution in [1.82, 2.24) is 4.31 Å². The van der Waals surface area contributed by atoms with Crippen LogP contribution in [0.3, 0.4) is 0 Å². The number of nitrogens with zero attached hydrogens (tertiary/aromatic N) is 1. The van der Waals surface area contributed by atoms with E-state index in [0.29, 0.717) is 0 Å². The zero-order chi connectivity index (χ0) is 17.9. The molecular weight excluding hydrogens is 352 g/mol. The van der Waals surface area contributed by atoms with E-state index in [1.807, 2.05) is 30.3 Å². The fourth-order valence-corrected chi connectivity index (χ4v) is 4.50. The van der Waals surface area contributed by atoms with Gasteiger partial charge in [-0.05, 0) is 17.7 Å². The van der Waals surface area contributed by atoms with Crippen LogP contribution in [0.4, 0.5) is 8.78 Å². The van der Waals surface area contributed by atoms with E-state index in [2.05, 4.69) is 4.74 Å². The van der Waals surface area contributed by atoms with Crippen LogP contribution in [0.2, 0.25) is 0 Å². The van der Waals surface area contributed by atoms with Crippen molar-refractivity contribution in [3.8, 4) is 5.75 Å². The van der Waals surface area contributed by atoms with E-state index >= 15 is 0 Å². The summed E-state index contributed by atoms with van der Waals surface area (Å²) in [5.74, 6) is -0.365. The average molecular weight is 369 g/mol. The highest BCUT2D eigenvalue weighted by atomic mass is 32.2. The Balaban J connectivity index is 2.01. The number of halogens is 2. The lowest BCUT2D eigenvalue weighted by molar-refractivity contribution is -0.0518. The maximum Gasteiger partial charge on any atom is 0.387 e. The molecule has 3 rings (SSSR count). The summed E-state index contributed by atoms with van der Waals surface area (Å²) in [6, 6.07) is 13.9. The monoisotopic (exact) mass is 369 g/mol. The van der Waals surface area contributed by atoms with Gasteiger partial charge in [0.15, 0.2) is 0 Å².